The zero-order chi connectivity index (χ0) is 15.6. The summed E-state index contributed by atoms with van der Waals surface area (Å²) >= 11 is 0. The molecule has 112 valence electrons. The molecule has 0 atom stereocenters. The van der Waals surface area contributed by atoms with Crippen LogP contribution in [0.1, 0.15) is 24.0 Å². The number of carboxylic acids is 1. The molecule has 2 heteroatoms. The van der Waals surface area contributed by atoms with Gasteiger partial charge in [0, 0.05) is 6.42 Å². The van der Waals surface area contributed by atoms with Gasteiger partial charge in [0.1, 0.15) is 0 Å². The maximum atomic E-state index is 10.8. The normalized spacial score (nSPS) is 11.7. The van der Waals surface area contributed by atoms with Crippen LogP contribution in [0.3, 0.4) is 0 Å². The first-order chi connectivity index (χ1) is 10.7. The molecule has 0 aliphatic heterocycles. The Morgan fingerprint density at radius 3 is 2.18 bits per heavy atom. The largest absolute Gasteiger partial charge is 0.481 e. The third kappa shape index (κ3) is 5.80. The second-order valence-electron chi connectivity index (χ2n) is 5.11. The van der Waals surface area contributed by atoms with Gasteiger partial charge in [-0.15, -0.1) is 0 Å². The molecular formula is C20H20O2. The number of rotatable bonds is 7. The Balaban J connectivity index is 2.08. The van der Waals surface area contributed by atoms with Crippen LogP contribution in [0, 0.1) is 0 Å². The first-order valence-corrected chi connectivity index (χ1v) is 7.42. The highest BCUT2D eigenvalue weighted by molar-refractivity contribution is 5.67. The van der Waals surface area contributed by atoms with E-state index in [2.05, 4.69) is 18.2 Å². The van der Waals surface area contributed by atoms with Crippen molar-refractivity contribution in [2.75, 3.05) is 0 Å². The summed E-state index contributed by atoms with van der Waals surface area (Å²) in [5, 5.41) is 8.88. The molecule has 0 heterocycles. The fraction of sp³-hybridized carbons (Fsp3) is 0.150. The maximum Gasteiger partial charge on any atom is 0.303 e. The standard InChI is InChI=1S/C20H20O2/c21-20(22)16-15-19(13-11-17-7-3-1-4-8-17)14-12-18-9-5-2-6-10-18/h1-11,13-14H,12,15-16H2,(H,21,22)/b13-11+,19-14-. The van der Waals surface area contributed by atoms with E-state index in [0.717, 1.165) is 17.6 Å². The zero-order valence-corrected chi connectivity index (χ0v) is 12.5. The van der Waals surface area contributed by atoms with Crippen molar-refractivity contribution in [2.45, 2.75) is 19.3 Å². The van der Waals surface area contributed by atoms with E-state index in [1.165, 1.54) is 5.56 Å². The van der Waals surface area contributed by atoms with Crippen molar-refractivity contribution in [1.29, 1.82) is 0 Å². The zero-order valence-electron chi connectivity index (χ0n) is 12.5. The van der Waals surface area contributed by atoms with Gasteiger partial charge in [0.15, 0.2) is 0 Å². The predicted octanol–water partition coefficient (Wildman–Crippen LogP) is 4.73. The van der Waals surface area contributed by atoms with E-state index in [0.29, 0.717) is 6.42 Å². The van der Waals surface area contributed by atoms with E-state index < -0.39 is 5.97 Å². The predicted molar refractivity (Wildman–Crippen MR) is 90.6 cm³/mol. The third-order valence-electron chi connectivity index (χ3n) is 3.36. The lowest BCUT2D eigenvalue weighted by Crippen LogP contribution is -1.95. The lowest BCUT2D eigenvalue weighted by atomic mass is 10.0. The Morgan fingerprint density at radius 2 is 1.55 bits per heavy atom. The van der Waals surface area contributed by atoms with Gasteiger partial charge in [0.25, 0.3) is 0 Å². The highest BCUT2D eigenvalue weighted by atomic mass is 16.4. The van der Waals surface area contributed by atoms with Crippen LogP contribution in [0.5, 0.6) is 0 Å². The molecule has 2 aromatic rings. The second kappa shape index (κ2) is 8.63. The molecule has 0 aliphatic carbocycles. The molecule has 2 aromatic carbocycles. The number of hydrogen-bond acceptors (Lipinski definition) is 1. The van der Waals surface area contributed by atoms with E-state index in [9.17, 15) is 4.79 Å². The first kappa shape index (κ1) is 15.8. The lowest BCUT2D eigenvalue weighted by Gasteiger charge is -2.02. The van der Waals surface area contributed by atoms with Gasteiger partial charge in [-0.1, -0.05) is 84.5 Å². The Labute approximate surface area is 131 Å². The number of allylic oxidation sites excluding steroid dienone is 3. The summed E-state index contributed by atoms with van der Waals surface area (Å²) in [5.74, 6) is -0.765. The fourth-order valence-electron chi connectivity index (χ4n) is 2.14. The van der Waals surface area contributed by atoms with Crippen molar-refractivity contribution >= 4 is 12.0 Å². The number of hydrogen-bond donors (Lipinski definition) is 1. The SMILES string of the molecule is O=C(O)CCC(/C=C/c1ccccc1)=C\Cc1ccccc1. The molecule has 22 heavy (non-hydrogen) atoms. The molecule has 0 amide bonds. The second-order valence-corrected chi connectivity index (χ2v) is 5.11. The molecule has 0 unspecified atom stereocenters. The minimum absolute atomic E-state index is 0.153. The summed E-state index contributed by atoms with van der Waals surface area (Å²) in [6.07, 6.45) is 7.66. The summed E-state index contributed by atoms with van der Waals surface area (Å²) in [6, 6.07) is 20.2. The van der Waals surface area contributed by atoms with Crippen LogP contribution >= 0.6 is 0 Å². The van der Waals surface area contributed by atoms with Gasteiger partial charge >= 0.3 is 5.97 Å². The lowest BCUT2D eigenvalue weighted by molar-refractivity contribution is -0.136. The average molecular weight is 292 g/mol. The highest BCUT2D eigenvalue weighted by Gasteiger charge is 2.00. The van der Waals surface area contributed by atoms with Crippen LogP contribution < -0.4 is 0 Å². The van der Waals surface area contributed by atoms with Crippen molar-refractivity contribution in [3.63, 3.8) is 0 Å². The van der Waals surface area contributed by atoms with Crippen LogP contribution in [0.15, 0.2) is 78.4 Å². The van der Waals surface area contributed by atoms with Crippen LogP contribution in [0.4, 0.5) is 0 Å². The summed E-state index contributed by atoms with van der Waals surface area (Å²) < 4.78 is 0. The summed E-state index contributed by atoms with van der Waals surface area (Å²) in [7, 11) is 0. The van der Waals surface area contributed by atoms with Gasteiger partial charge in [0.05, 0.1) is 0 Å². The number of carbonyl (C=O) groups is 1. The molecule has 2 nitrogen and oxygen atoms in total. The van der Waals surface area contributed by atoms with E-state index >= 15 is 0 Å². The Bertz CT molecular complexity index is 640. The average Bonchev–Trinajstić information content (AvgIpc) is 2.56. The molecule has 0 saturated heterocycles. The first-order valence-electron chi connectivity index (χ1n) is 7.42. The number of benzene rings is 2. The van der Waals surface area contributed by atoms with Crippen LogP contribution in [-0.4, -0.2) is 11.1 Å². The maximum absolute atomic E-state index is 10.8. The van der Waals surface area contributed by atoms with Crippen molar-refractivity contribution in [2.24, 2.45) is 0 Å². The molecule has 0 radical (unpaired) electrons. The Kier molecular flexibility index (Phi) is 6.18. The minimum atomic E-state index is -0.765. The summed E-state index contributed by atoms with van der Waals surface area (Å²) in [6.45, 7) is 0. The smallest absolute Gasteiger partial charge is 0.303 e. The van der Waals surface area contributed by atoms with Gasteiger partial charge < -0.3 is 5.11 Å². The Morgan fingerprint density at radius 1 is 0.909 bits per heavy atom. The summed E-state index contributed by atoms with van der Waals surface area (Å²) in [5.41, 5.74) is 3.39. The Hall–Kier alpha value is -2.61. The van der Waals surface area contributed by atoms with Gasteiger partial charge in [-0.25, -0.2) is 0 Å². The molecule has 0 bridgehead atoms. The van der Waals surface area contributed by atoms with Crippen molar-refractivity contribution in [1.82, 2.24) is 0 Å². The van der Waals surface area contributed by atoms with E-state index in [1.807, 2.05) is 60.7 Å². The van der Waals surface area contributed by atoms with E-state index in [-0.39, 0.29) is 6.42 Å². The monoisotopic (exact) mass is 292 g/mol. The topological polar surface area (TPSA) is 37.3 Å². The molecule has 0 aliphatic rings. The highest BCUT2D eigenvalue weighted by Crippen LogP contribution is 2.13. The molecule has 0 spiro atoms. The van der Waals surface area contributed by atoms with Crippen molar-refractivity contribution in [3.8, 4) is 0 Å². The molecular weight excluding hydrogens is 272 g/mol. The fourth-order valence-corrected chi connectivity index (χ4v) is 2.14. The minimum Gasteiger partial charge on any atom is -0.481 e. The van der Waals surface area contributed by atoms with Gasteiger partial charge in [-0.05, 0) is 24.0 Å². The molecule has 0 saturated carbocycles. The molecule has 2 rings (SSSR count). The molecule has 0 fully saturated rings. The summed E-state index contributed by atoms with van der Waals surface area (Å²) in [4.78, 5) is 10.8. The molecule has 1 N–H and O–H groups in total. The number of carboxylic acid groups (broad SMARTS) is 1. The van der Waals surface area contributed by atoms with Gasteiger partial charge in [-0.2, -0.15) is 0 Å². The van der Waals surface area contributed by atoms with E-state index in [4.69, 9.17) is 5.11 Å². The van der Waals surface area contributed by atoms with Crippen molar-refractivity contribution in [3.05, 3.63) is 89.5 Å². The van der Waals surface area contributed by atoms with E-state index in [1.54, 1.807) is 0 Å². The third-order valence-corrected chi connectivity index (χ3v) is 3.36. The van der Waals surface area contributed by atoms with Gasteiger partial charge in [0.2, 0.25) is 0 Å². The van der Waals surface area contributed by atoms with Gasteiger partial charge in [-0.3, -0.25) is 4.79 Å². The van der Waals surface area contributed by atoms with Crippen LogP contribution in [-0.2, 0) is 11.2 Å². The number of aliphatic carboxylic acids is 1. The van der Waals surface area contributed by atoms with Crippen LogP contribution in [0.25, 0.3) is 6.08 Å². The quantitative estimate of drug-likeness (QED) is 0.749. The van der Waals surface area contributed by atoms with Crippen LogP contribution in [0.2, 0.25) is 0 Å². The van der Waals surface area contributed by atoms with Crippen molar-refractivity contribution < 1.29 is 9.90 Å². The molecule has 0 aromatic heterocycles.